The molecule has 4 amide bonds. The number of carbonyl (C=O) groups is 3. The number of rotatable bonds is 13. The van der Waals surface area contributed by atoms with Gasteiger partial charge in [0, 0.05) is 16.7 Å². The van der Waals surface area contributed by atoms with Gasteiger partial charge in [-0.3, -0.25) is 14.9 Å². The number of benzene rings is 3. The Labute approximate surface area is 255 Å². The highest BCUT2D eigenvalue weighted by Crippen LogP contribution is 2.37. The van der Waals surface area contributed by atoms with Gasteiger partial charge in [-0.1, -0.05) is 29.8 Å². The van der Waals surface area contributed by atoms with Crippen molar-refractivity contribution in [3.8, 4) is 23.0 Å². The minimum absolute atomic E-state index is 0.155. The molecule has 1 fully saturated rings. The summed E-state index contributed by atoms with van der Waals surface area (Å²) in [6.45, 7) is 10.6. The van der Waals surface area contributed by atoms with Crippen molar-refractivity contribution >= 4 is 41.2 Å². The number of hydrogen-bond donors (Lipinski definition) is 1. The number of hydrogen-bond acceptors (Lipinski definition) is 7. The maximum absolute atomic E-state index is 13.7. The summed E-state index contributed by atoms with van der Waals surface area (Å²) >= 11 is 6.01. The molecule has 1 saturated heterocycles. The number of amides is 4. The molecule has 10 heteroatoms. The first-order valence-electron chi connectivity index (χ1n) is 13.9. The van der Waals surface area contributed by atoms with Crippen molar-refractivity contribution in [3.05, 3.63) is 94.5 Å². The normalized spacial score (nSPS) is 14.0. The van der Waals surface area contributed by atoms with Crippen molar-refractivity contribution < 1.29 is 33.3 Å². The number of imide groups is 2. The summed E-state index contributed by atoms with van der Waals surface area (Å²) in [4.78, 5) is 40.5. The summed E-state index contributed by atoms with van der Waals surface area (Å²) in [5, 5.41) is 2.89. The van der Waals surface area contributed by atoms with E-state index in [9.17, 15) is 14.4 Å². The second-order valence-corrected chi connectivity index (χ2v) is 9.74. The van der Waals surface area contributed by atoms with Gasteiger partial charge in [-0.25, -0.2) is 9.69 Å². The molecule has 3 aromatic carbocycles. The molecule has 1 aliphatic heterocycles. The lowest BCUT2D eigenvalue weighted by Crippen LogP contribution is -2.54. The molecule has 1 N–H and O–H groups in total. The number of anilines is 1. The smallest absolute Gasteiger partial charge is 0.336 e. The van der Waals surface area contributed by atoms with Crippen LogP contribution in [0.25, 0.3) is 6.08 Å². The third-order valence-corrected chi connectivity index (χ3v) is 6.56. The lowest BCUT2D eigenvalue weighted by Gasteiger charge is -2.28. The third-order valence-electron chi connectivity index (χ3n) is 6.31. The molecule has 0 radical (unpaired) electrons. The van der Waals surface area contributed by atoms with Crippen LogP contribution in [0.15, 0.2) is 72.8 Å². The summed E-state index contributed by atoms with van der Waals surface area (Å²) in [5.74, 6) is 0.0448. The van der Waals surface area contributed by atoms with E-state index in [2.05, 4.69) is 11.9 Å². The number of halogens is 1. The lowest BCUT2D eigenvalue weighted by molar-refractivity contribution is -0.122. The molecular weight excluding hydrogens is 572 g/mol. The molecule has 224 valence electrons. The quantitative estimate of drug-likeness (QED) is 0.135. The monoisotopic (exact) mass is 604 g/mol. The predicted octanol–water partition coefficient (Wildman–Crippen LogP) is 6.51. The van der Waals surface area contributed by atoms with Gasteiger partial charge in [0.15, 0.2) is 11.5 Å². The minimum Gasteiger partial charge on any atom is -0.494 e. The molecule has 0 saturated carbocycles. The number of ether oxygens (including phenoxy) is 4. The summed E-state index contributed by atoms with van der Waals surface area (Å²) in [5.41, 5.74) is 2.06. The lowest BCUT2D eigenvalue weighted by atomic mass is 10.0. The van der Waals surface area contributed by atoms with Gasteiger partial charge >= 0.3 is 6.03 Å². The molecule has 9 nitrogen and oxygen atoms in total. The van der Waals surface area contributed by atoms with Crippen molar-refractivity contribution in [1.82, 2.24) is 5.32 Å². The highest BCUT2D eigenvalue weighted by atomic mass is 35.5. The van der Waals surface area contributed by atoms with E-state index in [0.29, 0.717) is 54.1 Å². The van der Waals surface area contributed by atoms with Gasteiger partial charge in [-0.2, -0.15) is 0 Å². The van der Waals surface area contributed by atoms with E-state index in [0.717, 1.165) is 16.0 Å². The summed E-state index contributed by atoms with van der Waals surface area (Å²) in [6, 6.07) is 14.7. The summed E-state index contributed by atoms with van der Waals surface area (Å²) in [6.07, 6.45) is 3.57. The Morgan fingerprint density at radius 2 is 1.56 bits per heavy atom. The van der Waals surface area contributed by atoms with Crippen LogP contribution in [0.1, 0.15) is 37.5 Å². The number of nitrogens with zero attached hydrogens (tertiary/aromatic N) is 1. The van der Waals surface area contributed by atoms with Crippen LogP contribution in [0, 0.1) is 0 Å². The standard InChI is InChI=1S/C33H33ClN2O7/c1-5-9-23-16-22(18-29(42-8-4)30(23)43-20-21-10-12-24(34)13-11-21)17-26-31(37)35-33(39)36(32(26)38)27-19-25(40-6-2)14-15-28(27)41-7-3/h5,10-19H,1,6-9,20H2,2-4H3,(H,35,37,39)/b26-17+. The fraction of sp³-hybridized carbons (Fsp3) is 0.242. The average Bonchev–Trinajstić information content (AvgIpc) is 2.97. The van der Waals surface area contributed by atoms with E-state index in [1.807, 2.05) is 26.0 Å². The van der Waals surface area contributed by atoms with E-state index in [1.54, 1.807) is 49.4 Å². The average molecular weight is 605 g/mol. The van der Waals surface area contributed by atoms with Crippen LogP contribution in [0.4, 0.5) is 10.5 Å². The van der Waals surface area contributed by atoms with Gasteiger partial charge in [0.25, 0.3) is 11.8 Å². The molecule has 43 heavy (non-hydrogen) atoms. The Hall–Kier alpha value is -4.76. The first kappa shape index (κ1) is 31.2. The molecule has 0 aliphatic carbocycles. The van der Waals surface area contributed by atoms with E-state index in [-0.39, 0.29) is 23.6 Å². The largest absolute Gasteiger partial charge is 0.494 e. The maximum Gasteiger partial charge on any atom is 0.336 e. The molecule has 0 atom stereocenters. The van der Waals surface area contributed by atoms with Gasteiger partial charge in [0.1, 0.15) is 23.7 Å². The van der Waals surface area contributed by atoms with E-state index >= 15 is 0 Å². The van der Waals surface area contributed by atoms with Gasteiger partial charge in [0.2, 0.25) is 0 Å². The van der Waals surface area contributed by atoms with Crippen molar-refractivity contribution in [2.45, 2.75) is 33.8 Å². The number of urea groups is 1. The zero-order chi connectivity index (χ0) is 30.9. The predicted molar refractivity (Wildman–Crippen MR) is 165 cm³/mol. The molecule has 1 aliphatic rings. The van der Waals surface area contributed by atoms with Crippen LogP contribution >= 0.6 is 11.6 Å². The fourth-order valence-electron chi connectivity index (χ4n) is 4.49. The van der Waals surface area contributed by atoms with Crippen LogP contribution in [0.3, 0.4) is 0 Å². The molecule has 0 bridgehead atoms. The topological polar surface area (TPSA) is 103 Å². The van der Waals surface area contributed by atoms with Crippen LogP contribution in [-0.4, -0.2) is 37.7 Å². The Morgan fingerprint density at radius 1 is 0.860 bits per heavy atom. The maximum atomic E-state index is 13.7. The van der Waals surface area contributed by atoms with Gasteiger partial charge in [-0.15, -0.1) is 6.58 Å². The van der Waals surface area contributed by atoms with Crippen molar-refractivity contribution in [1.29, 1.82) is 0 Å². The molecule has 4 rings (SSSR count). The second-order valence-electron chi connectivity index (χ2n) is 9.30. The third kappa shape index (κ3) is 7.37. The van der Waals surface area contributed by atoms with E-state index < -0.39 is 17.8 Å². The van der Waals surface area contributed by atoms with Crippen molar-refractivity contribution in [2.75, 3.05) is 24.7 Å². The summed E-state index contributed by atoms with van der Waals surface area (Å²) < 4.78 is 23.3. The second kappa shape index (κ2) is 14.4. The molecule has 0 unspecified atom stereocenters. The van der Waals surface area contributed by atoms with Gasteiger partial charge < -0.3 is 18.9 Å². The van der Waals surface area contributed by atoms with Crippen LogP contribution < -0.4 is 29.2 Å². The number of nitrogens with one attached hydrogen (secondary N) is 1. The Balaban J connectivity index is 1.74. The fourth-order valence-corrected chi connectivity index (χ4v) is 4.61. The SMILES string of the molecule is C=CCc1cc(/C=C2\C(=O)NC(=O)N(c3cc(OCC)ccc3OCC)C2=O)cc(OCC)c1OCc1ccc(Cl)cc1. The molecule has 3 aromatic rings. The summed E-state index contributed by atoms with van der Waals surface area (Å²) in [7, 11) is 0. The van der Waals surface area contributed by atoms with Gasteiger partial charge in [0.05, 0.1) is 25.5 Å². The Kier molecular flexibility index (Phi) is 10.5. The minimum atomic E-state index is -0.893. The zero-order valence-electron chi connectivity index (χ0n) is 24.3. The molecule has 0 aromatic heterocycles. The Bertz CT molecular complexity index is 1550. The van der Waals surface area contributed by atoms with E-state index in [1.165, 1.54) is 12.1 Å². The first-order chi connectivity index (χ1) is 20.8. The number of barbiturate groups is 1. The van der Waals surface area contributed by atoms with Crippen molar-refractivity contribution in [2.24, 2.45) is 0 Å². The number of carbonyl (C=O) groups excluding carboxylic acids is 3. The van der Waals surface area contributed by atoms with Gasteiger partial charge in [-0.05, 0) is 80.8 Å². The molecule has 0 spiro atoms. The van der Waals surface area contributed by atoms with Crippen LogP contribution in [0.2, 0.25) is 5.02 Å². The number of allylic oxidation sites excluding steroid dienone is 1. The van der Waals surface area contributed by atoms with E-state index in [4.69, 9.17) is 30.5 Å². The molecule has 1 heterocycles. The first-order valence-corrected chi connectivity index (χ1v) is 14.3. The van der Waals surface area contributed by atoms with Crippen molar-refractivity contribution in [3.63, 3.8) is 0 Å². The highest BCUT2D eigenvalue weighted by Gasteiger charge is 2.38. The molecular formula is C33H33ClN2O7. The van der Waals surface area contributed by atoms with Crippen LogP contribution in [0.5, 0.6) is 23.0 Å². The highest BCUT2D eigenvalue weighted by molar-refractivity contribution is 6.39. The Morgan fingerprint density at radius 3 is 2.23 bits per heavy atom. The van der Waals surface area contributed by atoms with Crippen LogP contribution in [-0.2, 0) is 22.6 Å². The zero-order valence-corrected chi connectivity index (χ0v) is 25.0.